The van der Waals surface area contributed by atoms with Crippen LogP contribution in [0.4, 0.5) is 0 Å². The Kier molecular flexibility index (Phi) is 4.63. The fraction of sp³-hybridized carbons (Fsp3) is 0.250. The summed E-state index contributed by atoms with van der Waals surface area (Å²) >= 11 is 0. The molecule has 2 aromatic rings. The van der Waals surface area contributed by atoms with E-state index in [2.05, 4.69) is 9.51 Å². The Morgan fingerprint density at radius 1 is 1.21 bits per heavy atom. The Labute approximate surface area is 110 Å². The summed E-state index contributed by atoms with van der Waals surface area (Å²) in [6, 6.07) is 9.70. The lowest BCUT2D eigenvalue weighted by Gasteiger charge is -2.07. The Balaban J connectivity index is 1.83. The molecule has 1 heterocycles. The molecule has 0 saturated carbocycles. The van der Waals surface area contributed by atoms with E-state index >= 15 is 0 Å². The lowest BCUT2D eigenvalue weighted by atomic mass is 10.2. The van der Waals surface area contributed by atoms with Crippen LogP contribution in [0.15, 0.2) is 36.5 Å². The summed E-state index contributed by atoms with van der Waals surface area (Å²) in [5, 5.41) is 1.02. The molecule has 0 aliphatic rings. The van der Waals surface area contributed by atoms with Crippen molar-refractivity contribution in [2.75, 3.05) is 13.2 Å². The van der Waals surface area contributed by atoms with E-state index in [1.807, 2.05) is 30.3 Å². The van der Waals surface area contributed by atoms with Crippen LogP contribution < -0.4 is 0 Å². The monoisotopic (exact) mass is 283 g/mol. The maximum atomic E-state index is 10.4. The molecule has 0 unspecified atom stereocenters. The number of phosphoric ester groups is 1. The molecule has 0 atom stereocenters. The minimum atomic E-state index is -4.40. The van der Waals surface area contributed by atoms with Crippen molar-refractivity contribution in [3.05, 3.63) is 42.1 Å². The number of fused-ring (bicyclic) bond motifs is 1. The molecule has 0 radical (unpaired) electrons. The first kappa shape index (κ1) is 14.1. The van der Waals surface area contributed by atoms with Crippen LogP contribution >= 0.6 is 7.82 Å². The Morgan fingerprint density at radius 3 is 2.79 bits per heavy atom. The first-order chi connectivity index (χ1) is 9.04. The number of pyridine rings is 1. The molecule has 0 bridgehead atoms. The maximum Gasteiger partial charge on any atom is 0.469 e. The SMILES string of the molecule is O=P(O)(O)OCCOCc1cnc2ccccc2c1. The zero-order valence-corrected chi connectivity index (χ0v) is 11.0. The van der Waals surface area contributed by atoms with E-state index in [0.717, 1.165) is 16.5 Å². The Hall–Kier alpha value is -1.30. The van der Waals surface area contributed by atoms with Gasteiger partial charge in [-0.25, -0.2) is 4.57 Å². The summed E-state index contributed by atoms with van der Waals surface area (Å²) in [5.74, 6) is 0. The predicted molar refractivity (Wildman–Crippen MR) is 69.4 cm³/mol. The van der Waals surface area contributed by atoms with E-state index in [1.165, 1.54) is 0 Å². The average Bonchev–Trinajstić information content (AvgIpc) is 2.37. The van der Waals surface area contributed by atoms with Gasteiger partial charge < -0.3 is 14.5 Å². The third-order valence-electron chi connectivity index (χ3n) is 2.40. The van der Waals surface area contributed by atoms with Gasteiger partial charge in [0.2, 0.25) is 0 Å². The molecule has 1 aromatic carbocycles. The highest BCUT2D eigenvalue weighted by molar-refractivity contribution is 7.46. The molecule has 7 heteroatoms. The second kappa shape index (κ2) is 6.23. The lowest BCUT2D eigenvalue weighted by Crippen LogP contribution is -2.03. The van der Waals surface area contributed by atoms with E-state index in [0.29, 0.717) is 6.61 Å². The number of hydrogen-bond donors (Lipinski definition) is 2. The van der Waals surface area contributed by atoms with Crippen molar-refractivity contribution in [3.63, 3.8) is 0 Å². The van der Waals surface area contributed by atoms with Crippen LogP contribution in [0, 0.1) is 0 Å². The van der Waals surface area contributed by atoms with Gasteiger partial charge in [0.1, 0.15) is 0 Å². The number of benzene rings is 1. The molecule has 2 rings (SSSR count). The van der Waals surface area contributed by atoms with Gasteiger partial charge in [-0.05, 0) is 17.7 Å². The normalized spacial score (nSPS) is 11.9. The summed E-state index contributed by atoms with van der Waals surface area (Å²) < 4.78 is 19.9. The highest BCUT2D eigenvalue weighted by Crippen LogP contribution is 2.35. The number of para-hydroxylation sites is 1. The van der Waals surface area contributed by atoms with Crippen molar-refractivity contribution < 1.29 is 23.6 Å². The van der Waals surface area contributed by atoms with E-state index in [4.69, 9.17) is 14.5 Å². The molecule has 1 aromatic heterocycles. The summed E-state index contributed by atoms with van der Waals surface area (Å²) in [6.07, 6.45) is 1.71. The number of nitrogens with zero attached hydrogens (tertiary/aromatic N) is 1. The molecule has 2 N–H and O–H groups in total. The number of ether oxygens (including phenoxy) is 1. The zero-order chi connectivity index (χ0) is 13.7. The molecule has 0 spiro atoms. The molecule has 6 nitrogen and oxygen atoms in total. The van der Waals surface area contributed by atoms with E-state index in [9.17, 15) is 4.57 Å². The van der Waals surface area contributed by atoms with Crippen molar-refractivity contribution in [1.82, 2.24) is 4.98 Å². The number of rotatable bonds is 6. The molecule has 0 saturated heterocycles. The van der Waals surface area contributed by atoms with Crippen LogP contribution in [0.1, 0.15) is 5.56 Å². The topological polar surface area (TPSA) is 88.9 Å². The van der Waals surface area contributed by atoms with Crippen LogP contribution in [0.25, 0.3) is 10.9 Å². The van der Waals surface area contributed by atoms with Gasteiger partial charge in [-0.2, -0.15) is 0 Å². The van der Waals surface area contributed by atoms with Crippen LogP contribution in [-0.2, 0) is 20.4 Å². The van der Waals surface area contributed by atoms with E-state index < -0.39 is 7.82 Å². The number of aromatic nitrogens is 1. The Bertz CT molecular complexity index is 597. The fourth-order valence-electron chi connectivity index (χ4n) is 1.60. The van der Waals surface area contributed by atoms with Gasteiger partial charge in [-0.1, -0.05) is 18.2 Å². The smallest absolute Gasteiger partial charge is 0.374 e. The van der Waals surface area contributed by atoms with Crippen LogP contribution in [0.3, 0.4) is 0 Å². The molecular weight excluding hydrogens is 269 g/mol. The minimum absolute atomic E-state index is 0.109. The van der Waals surface area contributed by atoms with Gasteiger partial charge in [-0.3, -0.25) is 9.51 Å². The zero-order valence-electron chi connectivity index (χ0n) is 10.1. The quantitative estimate of drug-likeness (QED) is 0.621. The van der Waals surface area contributed by atoms with Gasteiger partial charge in [0.15, 0.2) is 0 Å². The second-order valence-corrected chi connectivity index (χ2v) is 5.15. The van der Waals surface area contributed by atoms with Crippen LogP contribution in [-0.4, -0.2) is 28.0 Å². The van der Waals surface area contributed by atoms with E-state index in [-0.39, 0.29) is 13.2 Å². The number of hydrogen-bond acceptors (Lipinski definition) is 4. The Morgan fingerprint density at radius 2 is 2.00 bits per heavy atom. The highest BCUT2D eigenvalue weighted by atomic mass is 31.2. The molecule has 0 amide bonds. The van der Waals surface area contributed by atoms with Crippen LogP contribution in [0.2, 0.25) is 0 Å². The van der Waals surface area contributed by atoms with Gasteiger partial charge in [-0.15, -0.1) is 0 Å². The fourth-order valence-corrected chi connectivity index (χ4v) is 1.91. The summed E-state index contributed by atoms with van der Waals surface area (Å²) in [4.78, 5) is 21.2. The predicted octanol–water partition coefficient (Wildman–Crippen LogP) is 1.86. The molecule has 0 aliphatic carbocycles. The molecule has 0 aliphatic heterocycles. The molecule has 19 heavy (non-hydrogen) atoms. The average molecular weight is 283 g/mol. The standard InChI is InChI=1S/C12H14NO5P/c14-19(15,16)18-6-5-17-9-10-7-11-3-1-2-4-12(11)13-8-10/h1-4,7-8H,5-6,9H2,(H2,14,15,16). The first-order valence-corrected chi connectivity index (χ1v) is 7.19. The molecular formula is C12H14NO5P. The van der Waals surface area contributed by atoms with Crippen molar-refractivity contribution >= 4 is 18.7 Å². The van der Waals surface area contributed by atoms with Crippen molar-refractivity contribution in [2.45, 2.75) is 6.61 Å². The minimum Gasteiger partial charge on any atom is -0.374 e. The van der Waals surface area contributed by atoms with E-state index in [1.54, 1.807) is 6.20 Å². The largest absolute Gasteiger partial charge is 0.469 e. The van der Waals surface area contributed by atoms with Gasteiger partial charge in [0, 0.05) is 11.6 Å². The molecule has 0 fully saturated rings. The number of phosphoric acid groups is 1. The highest BCUT2D eigenvalue weighted by Gasteiger charge is 2.12. The summed E-state index contributed by atoms with van der Waals surface area (Å²) in [5.41, 5.74) is 1.81. The third-order valence-corrected chi connectivity index (χ3v) is 2.92. The third kappa shape index (κ3) is 4.70. The van der Waals surface area contributed by atoms with Gasteiger partial charge in [0.25, 0.3) is 0 Å². The summed E-state index contributed by atoms with van der Waals surface area (Å²) in [6.45, 7) is 0.283. The summed E-state index contributed by atoms with van der Waals surface area (Å²) in [7, 11) is -4.40. The van der Waals surface area contributed by atoms with Gasteiger partial charge in [0.05, 0.1) is 25.3 Å². The molecule has 102 valence electrons. The second-order valence-electron chi connectivity index (χ2n) is 3.91. The van der Waals surface area contributed by atoms with Crippen molar-refractivity contribution in [1.29, 1.82) is 0 Å². The van der Waals surface area contributed by atoms with Crippen LogP contribution in [0.5, 0.6) is 0 Å². The van der Waals surface area contributed by atoms with Crippen molar-refractivity contribution in [3.8, 4) is 0 Å². The van der Waals surface area contributed by atoms with Crippen molar-refractivity contribution in [2.24, 2.45) is 0 Å². The van der Waals surface area contributed by atoms with Gasteiger partial charge >= 0.3 is 7.82 Å². The first-order valence-electron chi connectivity index (χ1n) is 5.66. The maximum absolute atomic E-state index is 10.4. The lowest BCUT2D eigenvalue weighted by molar-refractivity contribution is 0.0760.